The van der Waals surface area contributed by atoms with Crippen molar-refractivity contribution in [2.24, 2.45) is 7.05 Å². The van der Waals surface area contributed by atoms with Crippen LogP contribution in [0, 0.1) is 20.9 Å². The van der Waals surface area contributed by atoms with Gasteiger partial charge < -0.3 is 66.4 Å². The number of aromatic amines is 1. The summed E-state index contributed by atoms with van der Waals surface area (Å²) >= 11 is 0. The number of H-pyrrole nitrogens is 1. The van der Waals surface area contributed by atoms with Crippen molar-refractivity contribution in [3.05, 3.63) is 88.4 Å². The van der Waals surface area contributed by atoms with E-state index in [-0.39, 0.29) is 97.3 Å². The molecular formula is C55H82N14O13S. The van der Waals surface area contributed by atoms with Crippen molar-refractivity contribution in [2.75, 3.05) is 104 Å². The van der Waals surface area contributed by atoms with E-state index in [4.69, 9.17) is 11.8 Å². The summed E-state index contributed by atoms with van der Waals surface area (Å²) in [7, 11) is 3.33. The zero-order chi connectivity index (χ0) is 60.8. The molecule has 3 atom stereocenters. The third kappa shape index (κ3) is 21.0. The first-order valence-corrected chi connectivity index (χ1v) is 29.3. The van der Waals surface area contributed by atoms with E-state index in [1.54, 1.807) is 61.0 Å². The van der Waals surface area contributed by atoms with Gasteiger partial charge in [0.1, 0.15) is 29.4 Å². The van der Waals surface area contributed by atoms with Crippen LogP contribution in [0.2, 0.25) is 0 Å². The van der Waals surface area contributed by atoms with E-state index in [1.807, 2.05) is 9.80 Å². The SMILES string of the molecule is [CH]N1CCN(CC)CCN(CC(=O)N[C@@H](CC)C(=O)N[C@@H](CC)C(=O)NCCNC(=O)CCCOc2cc(C)c(S(=O)(=O)NC(CNC(=O)c3cn(C)c4cc(CNc5ncc[nH]5)ccc4c3=O)C(=O)O)c(C)c2)CCN(CC(O)O)CC1. The van der Waals surface area contributed by atoms with Gasteiger partial charge in [-0.3, -0.25) is 48.3 Å². The molecule has 0 bridgehead atoms. The fourth-order valence-electron chi connectivity index (χ4n) is 9.36. The third-order valence-corrected chi connectivity index (χ3v) is 15.8. The molecule has 1 aliphatic heterocycles. The number of rotatable bonds is 29. The van der Waals surface area contributed by atoms with Gasteiger partial charge in [0, 0.05) is 130 Å². The Morgan fingerprint density at radius 2 is 1.45 bits per heavy atom. The van der Waals surface area contributed by atoms with E-state index in [0.29, 0.717) is 69.6 Å². The van der Waals surface area contributed by atoms with Crippen LogP contribution < -0.4 is 46.8 Å². The number of amides is 5. The van der Waals surface area contributed by atoms with Gasteiger partial charge in [-0.25, -0.2) is 13.4 Å². The third-order valence-electron chi connectivity index (χ3n) is 14.0. The molecule has 28 heteroatoms. The standard InChI is InChI=1S/C55H82N14O13S/c1-8-42(63-53(77)43(9-2)62-47(71)34-68-24-23-67(10-3)21-19-65(6)20-22-69(26-25-68)35-48(72)73)52(76)57-16-15-56-46(70)12-11-27-82-39-28-36(4)50(37(5)29-39)83(80,81)64-44(54(78)79)32-60-51(75)41-33-66(7)45-30-38(13-14-40(45)49(41)74)31-61-55-58-17-18-59-55/h6,13-14,17-18,28-30,33,42-44,48,64,72-73H,8-12,15-16,19-27,31-32,34-35H2,1-5,7H3,(H,56,70)(H,57,76)(H,60,75)(H,62,71)(H,63,77)(H,78,79)(H2,58,59,61)/t42-,43-,44?/m0/s1. The molecule has 3 heterocycles. The Bertz CT molecular complexity index is 2970. The number of aliphatic carboxylic acids is 1. The first kappa shape index (κ1) is 66.7. The van der Waals surface area contributed by atoms with Gasteiger partial charge in [-0.15, -0.1) is 0 Å². The van der Waals surface area contributed by atoms with Gasteiger partial charge in [-0.1, -0.05) is 26.8 Å². The minimum absolute atomic E-state index is 0.000377. The van der Waals surface area contributed by atoms with Crippen molar-refractivity contribution < 1.29 is 57.2 Å². The zero-order valence-electron chi connectivity index (χ0n) is 48.2. The normalized spacial score (nSPS) is 15.5. The first-order chi connectivity index (χ1) is 39.5. The van der Waals surface area contributed by atoms with Gasteiger partial charge in [-0.2, -0.15) is 4.72 Å². The Balaban J connectivity index is 1.02. The van der Waals surface area contributed by atoms with E-state index in [2.05, 4.69) is 58.4 Å². The number of hydrogen-bond donors (Lipinski definition) is 11. The Morgan fingerprint density at radius 1 is 0.807 bits per heavy atom. The van der Waals surface area contributed by atoms with Crippen LogP contribution in [0.4, 0.5) is 5.95 Å². The average molecular weight is 1180 g/mol. The topological polar surface area (TPSA) is 354 Å². The molecule has 456 valence electrons. The van der Waals surface area contributed by atoms with Crippen LogP contribution in [0.25, 0.3) is 10.9 Å². The lowest BCUT2D eigenvalue weighted by molar-refractivity contribution is -0.138. The number of anilines is 1. The number of sulfonamides is 1. The summed E-state index contributed by atoms with van der Waals surface area (Å²) in [5.41, 5.74) is 0.993. The number of carbonyl (C=O) groups is 6. The number of carbonyl (C=O) groups excluding carboxylic acids is 5. The number of carboxylic acid groups (broad SMARTS) is 1. The number of hydrogen-bond acceptors (Lipinski definition) is 18. The van der Waals surface area contributed by atoms with Crippen molar-refractivity contribution in [2.45, 2.75) is 96.2 Å². The molecule has 1 saturated heterocycles. The Morgan fingerprint density at radius 3 is 2.08 bits per heavy atom. The maximum atomic E-state index is 13.7. The molecule has 5 rings (SSSR count). The first-order valence-electron chi connectivity index (χ1n) is 27.8. The molecule has 4 aromatic rings. The van der Waals surface area contributed by atoms with Gasteiger partial charge in [0.2, 0.25) is 39.1 Å². The maximum Gasteiger partial charge on any atom is 0.323 e. The highest BCUT2D eigenvalue weighted by Crippen LogP contribution is 2.26. The van der Waals surface area contributed by atoms with Gasteiger partial charge in [0.25, 0.3) is 5.91 Å². The lowest BCUT2D eigenvalue weighted by Gasteiger charge is -2.33. The molecule has 5 amide bonds. The van der Waals surface area contributed by atoms with Crippen LogP contribution in [0.3, 0.4) is 0 Å². The number of aryl methyl sites for hydroxylation is 3. The van der Waals surface area contributed by atoms with Gasteiger partial charge in [0.15, 0.2) is 12.2 Å². The highest BCUT2D eigenvalue weighted by Gasteiger charge is 2.30. The van der Waals surface area contributed by atoms with Crippen molar-refractivity contribution in [1.29, 1.82) is 0 Å². The largest absolute Gasteiger partial charge is 0.494 e. The number of ether oxygens (including phenoxy) is 1. The molecule has 2 aromatic carbocycles. The summed E-state index contributed by atoms with van der Waals surface area (Å²) in [5.74, 6) is -3.28. The summed E-state index contributed by atoms with van der Waals surface area (Å²) in [6, 6.07) is 4.39. The Hall–Kier alpha value is -7.05. The van der Waals surface area contributed by atoms with Crippen LogP contribution in [0.1, 0.15) is 73.5 Å². The highest BCUT2D eigenvalue weighted by molar-refractivity contribution is 7.89. The van der Waals surface area contributed by atoms with E-state index in [9.17, 15) is 57.3 Å². The van der Waals surface area contributed by atoms with E-state index in [0.717, 1.165) is 18.7 Å². The van der Waals surface area contributed by atoms with Crippen LogP contribution in [0.15, 0.2) is 58.6 Å². The number of likely N-dealkylation sites (N-methyl/N-ethyl adjacent to an activating group) is 1. The molecule has 27 nitrogen and oxygen atoms in total. The fraction of sp³-hybridized carbons (Fsp3) is 0.545. The number of benzene rings is 2. The molecule has 2 aromatic heterocycles. The fourth-order valence-corrected chi connectivity index (χ4v) is 11.0. The minimum atomic E-state index is -4.49. The van der Waals surface area contributed by atoms with E-state index >= 15 is 0 Å². The number of aliphatic hydroxyl groups is 2. The summed E-state index contributed by atoms with van der Waals surface area (Å²) in [6.45, 7) is 13.8. The predicted octanol–water partition coefficient (Wildman–Crippen LogP) is -0.946. The second kappa shape index (κ2) is 32.7. The number of imidazole rings is 1. The second-order valence-corrected chi connectivity index (χ2v) is 22.0. The van der Waals surface area contributed by atoms with Crippen molar-refractivity contribution >= 4 is 62.4 Å². The lowest BCUT2D eigenvalue weighted by Crippen LogP contribution is -2.55. The highest BCUT2D eigenvalue weighted by atomic mass is 32.2. The van der Waals surface area contributed by atoms with Crippen LogP contribution in [0.5, 0.6) is 5.75 Å². The Labute approximate surface area is 484 Å². The number of nitrogens with one attached hydrogen (secondary N) is 8. The average Bonchev–Trinajstić information content (AvgIpc) is 4.07. The molecule has 1 unspecified atom stereocenters. The number of β-amino-alcohol motifs (C(OH)–C–C–N with tert-alkyl or cyclic N) is 2. The summed E-state index contributed by atoms with van der Waals surface area (Å²) in [4.78, 5) is 106. The van der Waals surface area contributed by atoms with E-state index < -0.39 is 70.1 Å². The van der Waals surface area contributed by atoms with Crippen LogP contribution in [-0.2, 0) is 47.6 Å². The summed E-state index contributed by atoms with van der Waals surface area (Å²) in [6.07, 6.45) is 3.93. The molecule has 2 radical (unpaired) electrons. The van der Waals surface area contributed by atoms with Crippen molar-refractivity contribution in [3.8, 4) is 5.75 Å². The predicted molar refractivity (Wildman–Crippen MR) is 309 cm³/mol. The Kier molecular flexibility index (Phi) is 26.3. The molecular weight excluding hydrogens is 1100 g/mol. The zero-order valence-corrected chi connectivity index (χ0v) is 49.0. The van der Waals surface area contributed by atoms with Gasteiger partial charge >= 0.3 is 5.97 Å². The number of aromatic nitrogens is 3. The molecule has 83 heavy (non-hydrogen) atoms. The monoisotopic (exact) mass is 1180 g/mol. The quantitative estimate of drug-likeness (QED) is 0.0231. The second-order valence-electron chi connectivity index (χ2n) is 20.4. The number of nitrogens with zero attached hydrogens (tertiary/aromatic N) is 6. The molecule has 11 N–H and O–H groups in total. The molecule has 1 fully saturated rings. The minimum Gasteiger partial charge on any atom is -0.494 e. The number of carboxylic acids is 1. The molecule has 0 saturated carbocycles. The maximum absolute atomic E-state index is 13.7. The number of aliphatic hydroxyl groups excluding tert-OH is 1. The molecule has 1 aliphatic rings. The molecule has 0 aliphatic carbocycles. The van der Waals surface area contributed by atoms with Gasteiger partial charge in [-0.05, 0) is 80.6 Å². The smallest absolute Gasteiger partial charge is 0.323 e. The summed E-state index contributed by atoms with van der Waals surface area (Å²) in [5, 5.41) is 46.0. The number of pyridine rings is 1. The van der Waals surface area contributed by atoms with Crippen LogP contribution >= 0.6 is 0 Å². The van der Waals surface area contributed by atoms with Crippen molar-refractivity contribution in [3.63, 3.8) is 0 Å². The van der Waals surface area contributed by atoms with Crippen LogP contribution in [-0.4, -0.2) is 216 Å². The lowest BCUT2D eigenvalue weighted by atomic mass is 10.1. The van der Waals surface area contributed by atoms with Gasteiger partial charge in [0.05, 0.1) is 23.6 Å². The number of fused-ring (bicyclic) bond motifs is 1. The van der Waals surface area contributed by atoms with Crippen molar-refractivity contribution in [1.82, 2.24) is 65.4 Å². The van der Waals surface area contributed by atoms with E-state index in [1.165, 1.54) is 32.2 Å². The summed E-state index contributed by atoms with van der Waals surface area (Å²) < 4.78 is 36.9. The molecule has 0 spiro atoms.